The van der Waals surface area contributed by atoms with Gasteiger partial charge >= 0.3 is 0 Å². The van der Waals surface area contributed by atoms with E-state index in [-0.39, 0.29) is 53.2 Å². The van der Waals surface area contributed by atoms with Crippen LogP contribution in [0, 0.1) is 19.3 Å². The number of rotatable bonds is 6. The van der Waals surface area contributed by atoms with Crippen LogP contribution >= 0.6 is 0 Å². The summed E-state index contributed by atoms with van der Waals surface area (Å²) >= 11 is 0. The van der Waals surface area contributed by atoms with Crippen LogP contribution in [0.15, 0.2) is 77.7 Å². The number of aryl methyl sites for hydroxylation is 2. The largest absolute Gasteiger partial charge is 0.475 e. The SMILES string of the molecule is Cc1cccc(C)c1-c1cc2nc(n1)NS(=O)(=O)c1cccc(c1)C(=O)N(Cc1ccc(CC(N)=O)cc1)[C@H](CC(C)(C)C)CO2. The molecule has 4 bridgehead atoms. The number of primary amides is 1. The molecule has 2 heterocycles. The predicted molar refractivity (Wildman–Crippen MR) is 177 cm³/mol. The molecule has 0 unspecified atom stereocenters. The molecule has 11 heteroatoms. The molecule has 1 aromatic heterocycles. The molecule has 2 amide bonds. The van der Waals surface area contributed by atoms with Crippen LogP contribution in [0.4, 0.5) is 5.95 Å². The number of nitrogens with zero attached hydrogens (tertiary/aromatic N) is 3. The van der Waals surface area contributed by atoms with E-state index in [1.807, 2.05) is 56.3 Å². The number of anilines is 1. The zero-order chi connectivity index (χ0) is 33.2. The van der Waals surface area contributed by atoms with Gasteiger partial charge in [0, 0.05) is 23.7 Å². The Balaban J connectivity index is 1.64. The third-order valence-electron chi connectivity index (χ3n) is 7.78. The van der Waals surface area contributed by atoms with Crippen LogP contribution in [-0.2, 0) is 27.8 Å². The van der Waals surface area contributed by atoms with Crippen molar-refractivity contribution in [3.05, 3.63) is 101 Å². The number of nitrogens with two attached hydrogens (primary N) is 1. The van der Waals surface area contributed by atoms with Crippen LogP contribution in [0.3, 0.4) is 0 Å². The molecule has 1 aliphatic rings. The molecule has 46 heavy (non-hydrogen) atoms. The number of nitrogens with one attached hydrogen (secondary N) is 1. The zero-order valence-electron chi connectivity index (χ0n) is 26.7. The molecule has 1 aliphatic heterocycles. The highest BCUT2D eigenvalue weighted by Crippen LogP contribution is 2.31. The van der Waals surface area contributed by atoms with Crippen molar-refractivity contribution in [2.75, 3.05) is 11.3 Å². The summed E-state index contributed by atoms with van der Waals surface area (Å²) in [5.41, 5.74) is 10.3. The maximum Gasteiger partial charge on any atom is 0.264 e. The molecule has 0 fully saturated rings. The molecule has 1 atom stereocenters. The number of fused-ring (bicyclic) bond motifs is 4. The van der Waals surface area contributed by atoms with E-state index in [2.05, 4.69) is 35.5 Å². The fourth-order valence-electron chi connectivity index (χ4n) is 5.71. The van der Waals surface area contributed by atoms with E-state index in [9.17, 15) is 18.0 Å². The Morgan fingerprint density at radius 2 is 1.63 bits per heavy atom. The number of amides is 2. The second kappa shape index (κ2) is 12.9. The van der Waals surface area contributed by atoms with Gasteiger partial charge in [-0.3, -0.25) is 9.59 Å². The molecule has 0 spiro atoms. The Labute approximate surface area is 270 Å². The number of hydrogen-bond donors (Lipinski definition) is 2. The summed E-state index contributed by atoms with van der Waals surface area (Å²) in [6.45, 7) is 10.5. The van der Waals surface area contributed by atoms with Crippen molar-refractivity contribution < 1.29 is 22.7 Å². The Hall–Kier alpha value is -4.77. The molecule has 0 aliphatic carbocycles. The predicted octanol–water partition coefficient (Wildman–Crippen LogP) is 5.43. The first-order valence-electron chi connectivity index (χ1n) is 15.1. The molecule has 0 saturated carbocycles. The number of carbonyl (C=O) groups is 2. The molecular weight excluding hydrogens is 602 g/mol. The van der Waals surface area contributed by atoms with E-state index in [0.29, 0.717) is 12.1 Å². The summed E-state index contributed by atoms with van der Waals surface area (Å²) in [4.78, 5) is 36.4. The number of hydrogen-bond acceptors (Lipinski definition) is 7. The summed E-state index contributed by atoms with van der Waals surface area (Å²) in [6, 6.07) is 20.5. The molecule has 0 saturated heterocycles. The zero-order valence-corrected chi connectivity index (χ0v) is 27.5. The molecule has 10 nitrogen and oxygen atoms in total. The molecule has 4 aromatic rings. The van der Waals surface area contributed by atoms with Crippen molar-refractivity contribution in [1.29, 1.82) is 0 Å². The molecule has 240 valence electrons. The average Bonchev–Trinajstić information content (AvgIpc) is 2.97. The number of aromatic nitrogens is 2. The van der Waals surface area contributed by atoms with Gasteiger partial charge in [-0.1, -0.05) is 69.3 Å². The first kappa shape index (κ1) is 32.6. The molecule has 3 aromatic carbocycles. The highest BCUT2D eigenvalue weighted by molar-refractivity contribution is 7.92. The Kier molecular flexibility index (Phi) is 9.16. The van der Waals surface area contributed by atoms with Crippen molar-refractivity contribution in [2.45, 2.75) is 64.9 Å². The fraction of sp³-hybridized carbons (Fsp3) is 0.314. The first-order chi connectivity index (χ1) is 21.7. The molecular formula is C35H39N5O5S. The lowest BCUT2D eigenvalue weighted by Gasteiger charge is -2.36. The third-order valence-corrected chi connectivity index (χ3v) is 9.11. The van der Waals surface area contributed by atoms with Gasteiger partial charge in [-0.2, -0.15) is 4.98 Å². The first-order valence-corrected chi connectivity index (χ1v) is 16.6. The third kappa shape index (κ3) is 7.71. The van der Waals surface area contributed by atoms with Crippen LogP contribution in [0.1, 0.15) is 59.8 Å². The monoisotopic (exact) mass is 641 g/mol. The molecule has 3 N–H and O–H groups in total. The van der Waals surface area contributed by atoms with E-state index < -0.39 is 22.0 Å². The lowest BCUT2D eigenvalue weighted by molar-refractivity contribution is -0.117. The van der Waals surface area contributed by atoms with Gasteiger partial charge in [0.25, 0.3) is 15.9 Å². The van der Waals surface area contributed by atoms with Gasteiger partial charge in [-0.25, -0.2) is 18.1 Å². The number of carbonyl (C=O) groups excluding carboxylic acids is 2. The standard InChI is InChI=1S/C35H39N5O5S/c1-22-8-6-9-23(2)32(22)29-18-31-38-34(37-29)39-46(43,44)28-11-7-10-26(17-28)33(42)40(27(21-45-31)19-35(3,4)5)20-25-14-12-24(13-15-25)16-30(36)41/h6-15,17-18,27H,16,19-21H2,1-5H3,(H2,36,41)(H,37,38,39)/t27-/m1/s1. The van der Waals surface area contributed by atoms with E-state index in [0.717, 1.165) is 27.8 Å². The maximum atomic E-state index is 14.3. The van der Waals surface area contributed by atoms with Crippen molar-refractivity contribution in [1.82, 2.24) is 14.9 Å². The van der Waals surface area contributed by atoms with Crippen molar-refractivity contribution in [3.63, 3.8) is 0 Å². The smallest absolute Gasteiger partial charge is 0.264 e. The van der Waals surface area contributed by atoms with E-state index in [4.69, 9.17) is 10.5 Å². The highest BCUT2D eigenvalue weighted by atomic mass is 32.2. The summed E-state index contributed by atoms with van der Waals surface area (Å²) in [5, 5.41) is 0. The lowest BCUT2D eigenvalue weighted by Crippen LogP contribution is -2.45. The number of ether oxygens (including phenoxy) is 1. The highest BCUT2D eigenvalue weighted by Gasteiger charge is 2.31. The maximum absolute atomic E-state index is 14.3. The Bertz CT molecular complexity index is 1860. The Morgan fingerprint density at radius 3 is 2.28 bits per heavy atom. The van der Waals surface area contributed by atoms with Gasteiger partial charge in [0.2, 0.25) is 17.7 Å². The van der Waals surface area contributed by atoms with Gasteiger partial charge in [-0.05, 0) is 66.1 Å². The average molecular weight is 642 g/mol. The van der Waals surface area contributed by atoms with Gasteiger partial charge in [0.1, 0.15) is 6.61 Å². The van der Waals surface area contributed by atoms with E-state index in [1.54, 1.807) is 23.1 Å². The van der Waals surface area contributed by atoms with Crippen LogP contribution in [0.2, 0.25) is 0 Å². The number of benzene rings is 3. The second-order valence-corrected chi connectivity index (χ2v) is 14.6. The topological polar surface area (TPSA) is 145 Å². The fourth-order valence-corrected chi connectivity index (χ4v) is 6.70. The van der Waals surface area contributed by atoms with Gasteiger partial charge in [-0.15, -0.1) is 0 Å². The van der Waals surface area contributed by atoms with Gasteiger partial charge in [0.15, 0.2) is 0 Å². The summed E-state index contributed by atoms with van der Waals surface area (Å²) < 4.78 is 36.0. The van der Waals surface area contributed by atoms with Crippen LogP contribution in [0.5, 0.6) is 5.88 Å². The minimum Gasteiger partial charge on any atom is -0.475 e. The van der Waals surface area contributed by atoms with Crippen LogP contribution in [0.25, 0.3) is 11.3 Å². The normalized spacial score (nSPS) is 16.3. The van der Waals surface area contributed by atoms with Crippen molar-refractivity contribution in [3.8, 4) is 17.1 Å². The summed E-state index contributed by atoms with van der Waals surface area (Å²) in [7, 11) is -4.17. The van der Waals surface area contributed by atoms with Crippen LogP contribution in [-0.4, -0.2) is 47.7 Å². The van der Waals surface area contributed by atoms with Crippen molar-refractivity contribution in [2.24, 2.45) is 11.1 Å². The lowest BCUT2D eigenvalue weighted by atomic mass is 9.87. The minimum absolute atomic E-state index is 0.0933. The van der Waals surface area contributed by atoms with E-state index in [1.165, 1.54) is 12.1 Å². The summed E-state index contributed by atoms with van der Waals surface area (Å²) in [5.74, 6) is -0.726. The molecule has 5 rings (SSSR count). The minimum atomic E-state index is -4.17. The molecule has 0 radical (unpaired) electrons. The quantitative estimate of drug-likeness (QED) is 0.286. The van der Waals surface area contributed by atoms with Gasteiger partial charge in [0.05, 0.1) is 23.1 Å². The second-order valence-electron chi connectivity index (χ2n) is 12.9. The summed E-state index contributed by atoms with van der Waals surface area (Å²) in [6.07, 6.45) is 0.695. The Morgan fingerprint density at radius 1 is 0.978 bits per heavy atom. The number of sulfonamides is 1. The van der Waals surface area contributed by atoms with E-state index >= 15 is 0 Å². The van der Waals surface area contributed by atoms with Gasteiger partial charge < -0.3 is 15.4 Å². The van der Waals surface area contributed by atoms with Crippen LogP contribution < -0.4 is 15.2 Å². The van der Waals surface area contributed by atoms with Crippen molar-refractivity contribution >= 4 is 27.8 Å².